The lowest BCUT2D eigenvalue weighted by Gasteiger charge is -2.11. The van der Waals surface area contributed by atoms with Crippen molar-refractivity contribution in [3.8, 4) is 0 Å². The molecule has 2 N–H and O–H groups in total. The van der Waals surface area contributed by atoms with Gasteiger partial charge < -0.3 is 5.73 Å². The summed E-state index contributed by atoms with van der Waals surface area (Å²) in [6, 6.07) is 19.1. The smallest absolute Gasteiger partial charge is 0.0298 e. The van der Waals surface area contributed by atoms with E-state index in [0.717, 1.165) is 12.8 Å². The van der Waals surface area contributed by atoms with Crippen LogP contribution >= 0.6 is 0 Å². The summed E-state index contributed by atoms with van der Waals surface area (Å²) in [4.78, 5) is 0. The minimum absolute atomic E-state index is 0.137. The van der Waals surface area contributed by atoms with Crippen molar-refractivity contribution >= 4 is 0 Å². The van der Waals surface area contributed by atoms with Crippen molar-refractivity contribution in [3.05, 3.63) is 71.3 Å². The Labute approximate surface area is 103 Å². The van der Waals surface area contributed by atoms with E-state index in [-0.39, 0.29) is 6.04 Å². The number of hydrogen-bond acceptors (Lipinski definition) is 1. The third-order valence-corrected chi connectivity index (χ3v) is 3.09. The molecule has 0 spiro atoms. The van der Waals surface area contributed by atoms with Crippen LogP contribution in [0.5, 0.6) is 0 Å². The largest absolute Gasteiger partial charge is 0.324 e. The fraction of sp³-hybridized carbons (Fsp3) is 0.250. The summed E-state index contributed by atoms with van der Waals surface area (Å²) < 4.78 is 0. The molecule has 2 rings (SSSR count). The van der Waals surface area contributed by atoms with Crippen molar-refractivity contribution in [1.82, 2.24) is 0 Å². The first-order valence-corrected chi connectivity index (χ1v) is 6.12. The molecular formula is C16H19N. The van der Waals surface area contributed by atoms with E-state index in [0.29, 0.717) is 0 Å². The Kier molecular flexibility index (Phi) is 3.94. The van der Waals surface area contributed by atoms with Gasteiger partial charge in [0, 0.05) is 6.04 Å². The third kappa shape index (κ3) is 3.43. The number of hydrogen-bond donors (Lipinski definition) is 1. The second-order valence-electron chi connectivity index (χ2n) is 4.54. The van der Waals surface area contributed by atoms with Crippen LogP contribution in [0.2, 0.25) is 0 Å². The molecule has 1 heteroatoms. The van der Waals surface area contributed by atoms with Gasteiger partial charge in [-0.15, -0.1) is 0 Å². The second kappa shape index (κ2) is 5.65. The molecule has 0 bridgehead atoms. The van der Waals surface area contributed by atoms with E-state index in [1.165, 1.54) is 16.7 Å². The molecule has 1 nitrogen and oxygen atoms in total. The summed E-state index contributed by atoms with van der Waals surface area (Å²) in [5, 5.41) is 0. The number of nitrogens with two attached hydrogens (primary N) is 1. The molecule has 0 aliphatic heterocycles. The van der Waals surface area contributed by atoms with Gasteiger partial charge in [0.15, 0.2) is 0 Å². The maximum absolute atomic E-state index is 6.17. The molecule has 0 amide bonds. The minimum atomic E-state index is 0.137. The average molecular weight is 225 g/mol. The van der Waals surface area contributed by atoms with Gasteiger partial charge in [-0.25, -0.2) is 0 Å². The first-order chi connectivity index (χ1) is 8.25. The Morgan fingerprint density at radius 2 is 1.59 bits per heavy atom. The zero-order valence-electron chi connectivity index (χ0n) is 10.3. The van der Waals surface area contributed by atoms with Gasteiger partial charge in [-0.2, -0.15) is 0 Å². The highest BCUT2D eigenvalue weighted by molar-refractivity contribution is 5.23. The maximum atomic E-state index is 6.17. The van der Waals surface area contributed by atoms with E-state index < -0.39 is 0 Å². The molecule has 0 fully saturated rings. The van der Waals surface area contributed by atoms with Gasteiger partial charge in [-0.05, 0) is 30.9 Å². The Bertz CT molecular complexity index is 445. The van der Waals surface area contributed by atoms with Crippen LogP contribution in [-0.2, 0) is 6.42 Å². The summed E-state index contributed by atoms with van der Waals surface area (Å²) in [6.45, 7) is 2.11. The SMILES string of the molecule is Cc1ccc(CCC(N)c2ccccc2)cc1. The van der Waals surface area contributed by atoms with Crippen molar-refractivity contribution in [2.24, 2.45) is 5.73 Å². The fourth-order valence-corrected chi connectivity index (χ4v) is 1.94. The van der Waals surface area contributed by atoms with Gasteiger partial charge in [0.05, 0.1) is 0 Å². The zero-order valence-corrected chi connectivity index (χ0v) is 10.3. The van der Waals surface area contributed by atoms with Gasteiger partial charge >= 0.3 is 0 Å². The van der Waals surface area contributed by atoms with Gasteiger partial charge in [0.25, 0.3) is 0 Å². The first kappa shape index (κ1) is 11.9. The summed E-state index contributed by atoms with van der Waals surface area (Å²) in [6.07, 6.45) is 2.03. The molecule has 1 atom stereocenters. The highest BCUT2D eigenvalue weighted by atomic mass is 14.6. The molecule has 0 saturated carbocycles. The van der Waals surface area contributed by atoms with Crippen LogP contribution in [0.15, 0.2) is 54.6 Å². The van der Waals surface area contributed by atoms with Crippen LogP contribution in [0, 0.1) is 6.92 Å². The van der Waals surface area contributed by atoms with Crippen molar-refractivity contribution < 1.29 is 0 Å². The van der Waals surface area contributed by atoms with E-state index in [2.05, 4.69) is 43.3 Å². The van der Waals surface area contributed by atoms with Crippen LogP contribution < -0.4 is 5.73 Å². The second-order valence-corrected chi connectivity index (χ2v) is 4.54. The molecule has 0 radical (unpaired) electrons. The van der Waals surface area contributed by atoms with E-state index >= 15 is 0 Å². The average Bonchev–Trinajstić information content (AvgIpc) is 2.39. The molecule has 0 aliphatic rings. The van der Waals surface area contributed by atoms with E-state index in [9.17, 15) is 0 Å². The molecule has 17 heavy (non-hydrogen) atoms. The van der Waals surface area contributed by atoms with Crippen molar-refractivity contribution in [2.75, 3.05) is 0 Å². The molecule has 0 aliphatic carbocycles. The van der Waals surface area contributed by atoms with E-state index in [1.54, 1.807) is 0 Å². The fourth-order valence-electron chi connectivity index (χ4n) is 1.94. The summed E-state index contributed by atoms with van der Waals surface area (Å²) in [5.74, 6) is 0. The van der Waals surface area contributed by atoms with Gasteiger partial charge in [-0.3, -0.25) is 0 Å². The topological polar surface area (TPSA) is 26.0 Å². The molecule has 0 heterocycles. The first-order valence-electron chi connectivity index (χ1n) is 6.12. The lowest BCUT2D eigenvalue weighted by atomic mass is 9.99. The number of rotatable bonds is 4. The van der Waals surface area contributed by atoms with Gasteiger partial charge in [0.2, 0.25) is 0 Å². The lowest BCUT2D eigenvalue weighted by molar-refractivity contribution is 0.651. The predicted octanol–water partition coefficient (Wildman–Crippen LogP) is 3.63. The highest BCUT2D eigenvalue weighted by Crippen LogP contribution is 2.16. The van der Waals surface area contributed by atoms with Crippen LogP contribution in [0.3, 0.4) is 0 Å². The van der Waals surface area contributed by atoms with Gasteiger partial charge in [0.1, 0.15) is 0 Å². The highest BCUT2D eigenvalue weighted by Gasteiger charge is 2.05. The van der Waals surface area contributed by atoms with Gasteiger partial charge in [-0.1, -0.05) is 60.2 Å². The van der Waals surface area contributed by atoms with Crippen LogP contribution in [0.25, 0.3) is 0 Å². The Hall–Kier alpha value is -1.60. The molecule has 0 aromatic heterocycles. The monoisotopic (exact) mass is 225 g/mol. The predicted molar refractivity (Wildman–Crippen MR) is 72.9 cm³/mol. The summed E-state index contributed by atoms with van der Waals surface area (Å²) in [7, 11) is 0. The van der Waals surface area contributed by atoms with Crippen molar-refractivity contribution in [3.63, 3.8) is 0 Å². The Morgan fingerprint density at radius 1 is 0.941 bits per heavy atom. The molecule has 88 valence electrons. The summed E-state index contributed by atoms with van der Waals surface area (Å²) >= 11 is 0. The molecule has 0 saturated heterocycles. The Morgan fingerprint density at radius 3 is 2.24 bits per heavy atom. The maximum Gasteiger partial charge on any atom is 0.0298 e. The van der Waals surface area contributed by atoms with Crippen molar-refractivity contribution in [1.29, 1.82) is 0 Å². The molecule has 1 unspecified atom stereocenters. The van der Waals surface area contributed by atoms with Crippen LogP contribution in [0.1, 0.15) is 29.2 Å². The van der Waals surface area contributed by atoms with Crippen LogP contribution in [-0.4, -0.2) is 0 Å². The standard InChI is InChI=1S/C16H19N/c1-13-7-9-14(10-8-13)11-12-16(17)15-5-3-2-4-6-15/h2-10,16H,11-12,17H2,1H3. The van der Waals surface area contributed by atoms with Crippen molar-refractivity contribution in [2.45, 2.75) is 25.8 Å². The third-order valence-electron chi connectivity index (χ3n) is 3.09. The number of aryl methyl sites for hydroxylation is 2. The zero-order chi connectivity index (χ0) is 12.1. The normalized spacial score (nSPS) is 12.4. The van der Waals surface area contributed by atoms with E-state index in [4.69, 9.17) is 5.73 Å². The summed E-state index contributed by atoms with van der Waals surface area (Å²) in [5.41, 5.74) is 10.1. The van der Waals surface area contributed by atoms with E-state index in [1.807, 2.05) is 18.2 Å². The number of benzene rings is 2. The Balaban J connectivity index is 1.92. The molecule has 2 aromatic rings. The van der Waals surface area contributed by atoms with Crippen LogP contribution in [0.4, 0.5) is 0 Å². The molecule has 2 aromatic carbocycles. The molecular weight excluding hydrogens is 206 g/mol. The lowest BCUT2D eigenvalue weighted by Crippen LogP contribution is -2.11. The quantitative estimate of drug-likeness (QED) is 0.845. The minimum Gasteiger partial charge on any atom is -0.324 e.